The highest BCUT2D eigenvalue weighted by molar-refractivity contribution is 8.07. The van der Waals surface area contributed by atoms with E-state index in [4.69, 9.17) is 0 Å². The first-order chi connectivity index (χ1) is 11.2. The summed E-state index contributed by atoms with van der Waals surface area (Å²) in [6, 6.07) is 0. The second-order valence-corrected chi connectivity index (χ2v) is 10.7. The van der Waals surface area contributed by atoms with Crippen LogP contribution in [0.25, 0.3) is 0 Å². The van der Waals surface area contributed by atoms with Crippen LogP contribution >= 0.6 is 0 Å². The Bertz CT molecular complexity index is 716. The number of nitrogens with zero attached hydrogens (tertiary/aromatic N) is 1. The number of sulfonamides is 2. The molecule has 0 aromatic rings. The van der Waals surface area contributed by atoms with E-state index in [0.29, 0.717) is 12.8 Å². The molecule has 0 N–H and O–H groups in total. The lowest BCUT2D eigenvalue weighted by molar-refractivity contribution is -0.248. The van der Waals surface area contributed by atoms with Crippen molar-refractivity contribution in [3.05, 3.63) is 0 Å². The summed E-state index contributed by atoms with van der Waals surface area (Å²) in [5.41, 5.74) is 0. The van der Waals surface area contributed by atoms with Crippen molar-refractivity contribution in [3.63, 3.8) is 0 Å². The van der Waals surface area contributed by atoms with E-state index in [1.807, 2.05) is 0 Å². The van der Waals surface area contributed by atoms with Crippen molar-refractivity contribution in [3.8, 4) is 0 Å². The molecule has 0 unspecified atom stereocenters. The van der Waals surface area contributed by atoms with E-state index in [1.165, 1.54) is 0 Å². The number of rotatable bonds is 1. The van der Waals surface area contributed by atoms with Crippen LogP contribution in [0.2, 0.25) is 11.6 Å². The zero-order valence-electron chi connectivity index (χ0n) is 12.6. The van der Waals surface area contributed by atoms with Crippen molar-refractivity contribution >= 4 is 26.9 Å². The van der Waals surface area contributed by atoms with E-state index in [1.54, 1.807) is 0 Å². The van der Waals surface area contributed by atoms with Crippen molar-refractivity contribution < 1.29 is 43.2 Å². The smallest absolute Gasteiger partial charge is 0.206 e. The Morgan fingerprint density at radius 3 is 1.36 bits per heavy atom. The van der Waals surface area contributed by atoms with E-state index >= 15 is 0 Å². The van der Waals surface area contributed by atoms with Crippen LogP contribution in [0.1, 0.15) is 38.5 Å². The van der Waals surface area contributed by atoms with Gasteiger partial charge in [-0.3, -0.25) is 0 Å². The third-order valence-corrected chi connectivity index (χ3v) is 9.78. The fraction of sp³-hybridized carbons (Fsp3) is 1.00. The maximum absolute atomic E-state index is 13.9. The molecular formula is C11H14BF6NO4S2. The molecule has 25 heavy (non-hydrogen) atoms. The summed E-state index contributed by atoms with van der Waals surface area (Å²) in [5, 5.41) is -12.5. The molecule has 0 radical (unpaired) electrons. The van der Waals surface area contributed by atoms with Crippen LogP contribution in [-0.4, -0.2) is 43.7 Å². The Balaban J connectivity index is 2.25. The first-order valence-electron chi connectivity index (χ1n) is 7.63. The molecule has 3 fully saturated rings. The van der Waals surface area contributed by atoms with Gasteiger partial charge in [0.1, 0.15) is 0 Å². The molecule has 3 saturated heterocycles. The molecule has 5 nitrogen and oxygen atoms in total. The minimum atomic E-state index is -6.57. The Kier molecular flexibility index (Phi) is 4.07. The van der Waals surface area contributed by atoms with Crippen LogP contribution in [0.15, 0.2) is 0 Å². The van der Waals surface area contributed by atoms with E-state index in [2.05, 4.69) is 0 Å². The lowest BCUT2D eigenvalue weighted by atomic mass is 9.35. The van der Waals surface area contributed by atoms with Crippen molar-refractivity contribution in [2.45, 2.75) is 66.6 Å². The van der Waals surface area contributed by atoms with E-state index in [0.717, 1.165) is 0 Å². The average Bonchev–Trinajstić information content (AvgIpc) is 2.44. The van der Waals surface area contributed by atoms with E-state index in [-0.39, 0.29) is 25.7 Å². The van der Waals surface area contributed by atoms with Crippen LogP contribution in [0.4, 0.5) is 26.3 Å². The van der Waals surface area contributed by atoms with Gasteiger partial charge in [-0.1, -0.05) is 38.5 Å². The Morgan fingerprint density at radius 1 is 0.720 bits per heavy atom. The third kappa shape index (κ3) is 2.13. The molecule has 2 bridgehead atoms. The highest BCUT2D eigenvalue weighted by Crippen LogP contribution is 2.60. The fourth-order valence-corrected chi connectivity index (χ4v) is 8.50. The molecule has 0 aromatic heterocycles. The maximum Gasteiger partial charge on any atom is 0.428 e. The predicted octanol–water partition coefficient (Wildman–Crippen LogP) is 2.88. The van der Waals surface area contributed by atoms with Gasteiger partial charge in [-0.2, -0.15) is 26.3 Å². The minimum Gasteiger partial charge on any atom is -0.206 e. The first-order valence-corrected chi connectivity index (χ1v) is 10.5. The van der Waals surface area contributed by atoms with Gasteiger partial charge in [0.05, 0.1) is 0 Å². The summed E-state index contributed by atoms with van der Waals surface area (Å²) in [5.74, 6) is -8.05. The Hall–Kier alpha value is -0.495. The topological polar surface area (TPSA) is 71.5 Å². The normalized spacial score (nSPS) is 38.2. The predicted molar refractivity (Wildman–Crippen MR) is 75.5 cm³/mol. The van der Waals surface area contributed by atoms with Gasteiger partial charge in [-0.15, -0.1) is 3.62 Å². The number of hydrogen-bond acceptors (Lipinski definition) is 4. The van der Waals surface area contributed by atoms with Gasteiger partial charge in [-0.05, 0) is 11.6 Å². The number of fused-ring (bicyclic) bond motifs is 2. The molecule has 3 rings (SSSR count). The summed E-state index contributed by atoms with van der Waals surface area (Å²) in [6.07, 6.45) is 2.16. The van der Waals surface area contributed by atoms with Crippen molar-refractivity contribution in [2.24, 2.45) is 0 Å². The van der Waals surface area contributed by atoms with Gasteiger partial charge in [0, 0.05) is 0 Å². The van der Waals surface area contributed by atoms with Gasteiger partial charge >= 0.3 is 16.4 Å². The number of alkyl halides is 6. The van der Waals surface area contributed by atoms with Gasteiger partial charge in [0.25, 0.3) is 26.9 Å². The lowest BCUT2D eigenvalue weighted by Crippen LogP contribution is -2.74. The van der Waals surface area contributed by atoms with Crippen LogP contribution < -0.4 is 0 Å². The molecule has 0 amide bonds. The van der Waals surface area contributed by atoms with E-state index in [9.17, 15) is 43.2 Å². The molecule has 0 saturated carbocycles. The largest absolute Gasteiger partial charge is 0.428 e. The molecular weight excluding hydrogens is 399 g/mol. The van der Waals surface area contributed by atoms with Crippen LogP contribution in [0, 0.1) is 0 Å². The summed E-state index contributed by atoms with van der Waals surface area (Å²) in [7, 11) is -13.1. The monoisotopic (exact) mass is 413 g/mol. The SMILES string of the molecule is O=S1(=O)N(B2C3CCCC2CCC3)S(=O)(=O)C(F)(F)C(F)(F)C1(F)F. The minimum absolute atomic E-state index is 0.260. The van der Waals surface area contributed by atoms with Crippen LogP contribution in [0.3, 0.4) is 0 Å². The standard InChI is InChI=1S/C11H14BF6NO4S2/c13-9(14)10(15,16)24(20,21)19(25(22,23)11(9,17)18)12-7-3-1-4-8(12)6-2-5-7/h7-8H,1-6H2. The number of hydrogen-bond donors (Lipinski definition) is 0. The van der Waals surface area contributed by atoms with E-state index < -0.39 is 58.6 Å². The summed E-state index contributed by atoms with van der Waals surface area (Å²) < 4.78 is 130. The maximum atomic E-state index is 13.9. The second kappa shape index (κ2) is 5.28. The Labute approximate surface area is 140 Å². The molecule has 3 heterocycles. The molecule has 0 aliphatic carbocycles. The zero-order chi connectivity index (χ0) is 19.1. The first kappa shape index (κ1) is 19.3. The summed E-state index contributed by atoms with van der Waals surface area (Å²) >= 11 is 0. The molecule has 0 spiro atoms. The Morgan fingerprint density at radius 2 is 1.04 bits per heavy atom. The average molecular weight is 413 g/mol. The fourth-order valence-electron chi connectivity index (χ4n) is 4.15. The van der Waals surface area contributed by atoms with Gasteiger partial charge in [0.15, 0.2) is 0 Å². The zero-order valence-corrected chi connectivity index (χ0v) is 14.3. The van der Waals surface area contributed by atoms with Crippen molar-refractivity contribution in [1.82, 2.24) is 3.62 Å². The van der Waals surface area contributed by atoms with Gasteiger partial charge < -0.3 is 0 Å². The molecule has 14 heteroatoms. The van der Waals surface area contributed by atoms with Crippen molar-refractivity contribution in [1.29, 1.82) is 0 Å². The van der Waals surface area contributed by atoms with Crippen molar-refractivity contribution in [2.75, 3.05) is 0 Å². The third-order valence-electron chi connectivity index (χ3n) is 5.36. The molecule has 0 aromatic carbocycles. The highest BCUT2D eigenvalue weighted by Gasteiger charge is 2.89. The van der Waals surface area contributed by atoms with Crippen LogP contribution in [-0.2, 0) is 20.0 Å². The summed E-state index contributed by atoms with van der Waals surface area (Å²) in [6.45, 7) is -1.68. The summed E-state index contributed by atoms with van der Waals surface area (Å²) in [4.78, 5) is 0. The lowest BCUT2D eigenvalue weighted by Gasteiger charge is -2.48. The second-order valence-electron chi connectivity index (χ2n) is 6.72. The number of halogens is 6. The molecule has 144 valence electrons. The van der Waals surface area contributed by atoms with Gasteiger partial charge in [0.2, 0.25) is 0 Å². The quantitative estimate of drug-likeness (QED) is 0.490. The van der Waals surface area contributed by atoms with Gasteiger partial charge in [-0.25, -0.2) is 16.8 Å². The highest BCUT2D eigenvalue weighted by atomic mass is 32.3. The molecule has 0 atom stereocenters. The van der Waals surface area contributed by atoms with Crippen LogP contribution in [0.5, 0.6) is 0 Å². The molecule has 3 aliphatic heterocycles. The molecule has 3 aliphatic rings.